The van der Waals surface area contributed by atoms with Crippen molar-refractivity contribution in [2.45, 2.75) is 12.3 Å². The summed E-state index contributed by atoms with van der Waals surface area (Å²) in [6, 6.07) is 0. The summed E-state index contributed by atoms with van der Waals surface area (Å²) in [5.74, 6) is -7.71. The van der Waals surface area contributed by atoms with Crippen molar-refractivity contribution < 1.29 is 30.8 Å². The lowest BCUT2D eigenvalue weighted by molar-refractivity contribution is -0.180. The fraction of sp³-hybridized carbons (Fsp3) is 0.857. The molecule has 0 unspecified atom stereocenters. The van der Waals surface area contributed by atoms with Gasteiger partial charge < -0.3 is 4.90 Å². The summed E-state index contributed by atoms with van der Waals surface area (Å²) in [7, 11) is -3.34. The highest BCUT2D eigenvalue weighted by Gasteiger charge is 2.51. The zero-order chi connectivity index (χ0) is 12.6. The average Bonchev–Trinajstić information content (AvgIpc) is 2.16. The summed E-state index contributed by atoms with van der Waals surface area (Å²) >= 11 is 0. The van der Waals surface area contributed by atoms with Crippen LogP contribution >= 0.6 is 0 Å². The number of amides is 1. The van der Waals surface area contributed by atoms with Crippen molar-refractivity contribution in [1.82, 2.24) is 4.90 Å². The first-order chi connectivity index (χ1) is 7.17. The third-order valence-corrected chi connectivity index (χ3v) is 3.80. The maximum absolute atomic E-state index is 12.6. The van der Waals surface area contributed by atoms with E-state index in [0.717, 1.165) is 0 Å². The third-order valence-electron chi connectivity index (χ3n) is 2.19. The molecule has 4 nitrogen and oxygen atoms in total. The topological polar surface area (TPSA) is 54.5 Å². The molecule has 1 saturated heterocycles. The van der Waals surface area contributed by atoms with E-state index < -0.39 is 52.7 Å². The summed E-state index contributed by atoms with van der Waals surface area (Å²) in [5, 5.41) is 0. The monoisotopic (exact) mass is 263 g/mol. The van der Waals surface area contributed by atoms with E-state index in [1.165, 1.54) is 0 Å². The first-order valence-electron chi connectivity index (χ1n) is 4.32. The second-order valence-corrected chi connectivity index (χ2v) is 5.67. The van der Waals surface area contributed by atoms with Crippen LogP contribution in [0, 0.1) is 0 Å². The third kappa shape index (κ3) is 2.63. The highest BCUT2D eigenvalue weighted by Crippen LogP contribution is 2.26. The summed E-state index contributed by atoms with van der Waals surface area (Å²) in [4.78, 5) is 11.4. The van der Waals surface area contributed by atoms with Crippen LogP contribution in [0.5, 0.6) is 0 Å². The van der Waals surface area contributed by atoms with Crippen LogP contribution in [0.15, 0.2) is 0 Å². The standard InChI is InChI=1S/C7H9F4NO3S/c8-5(9)7(10,11)6(13)12-1-3-16(14,15)4-2-12/h5H,1-4H2. The summed E-state index contributed by atoms with van der Waals surface area (Å²) in [6.45, 7) is -0.938. The van der Waals surface area contributed by atoms with Crippen molar-refractivity contribution in [1.29, 1.82) is 0 Å². The van der Waals surface area contributed by atoms with E-state index in [1.54, 1.807) is 0 Å². The number of nitrogens with zero attached hydrogens (tertiary/aromatic N) is 1. The van der Waals surface area contributed by atoms with Gasteiger partial charge in [0.25, 0.3) is 5.91 Å². The molecule has 0 aromatic heterocycles. The van der Waals surface area contributed by atoms with Crippen LogP contribution in [-0.2, 0) is 14.6 Å². The Balaban J connectivity index is 2.71. The lowest BCUT2D eigenvalue weighted by Crippen LogP contribution is -2.52. The maximum Gasteiger partial charge on any atom is 0.383 e. The molecule has 0 saturated carbocycles. The van der Waals surface area contributed by atoms with E-state index in [0.29, 0.717) is 4.90 Å². The molecule has 94 valence electrons. The molecule has 9 heteroatoms. The molecule has 0 spiro atoms. The van der Waals surface area contributed by atoms with Crippen LogP contribution < -0.4 is 0 Å². The van der Waals surface area contributed by atoms with E-state index in [2.05, 4.69) is 0 Å². The number of rotatable bonds is 2. The molecule has 1 rings (SSSR count). The average molecular weight is 263 g/mol. The molecule has 16 heavy (non-hydrogen) atoms. The molecule has 0 atom stereocenters. The Kier molecular flexibility index (Phi) is 3.46. The van der Waals surface area contributed by atoms with Crippen molar-refractivity contribution in [3.8, 4) is 0 Å². The number of carbonyl (C=O) groups is 1. The highest BCUT2D eigenvalue weighted by molar-refractivity contribution is 7.91. The van der Waals surface area contributed by atoms with E-state index in [1.807, 2.05) is 0 Å². The Hall–Kier alpha value is -0.860. The predicted octanol–water partition coefficient (Wildman–Crippen LogP) is 0.144. The van der Waals surface area contributed by atoms with Crippen LogP contribution in [0.4, 0.5) is 17.6 Å². The molecule has 1 fully saturated rings. The lowest BCUT2D eigenvalue weighted by Gasteiger charge is -2.29. The molecule has 1 aliphatic rings. The molecule has 1 aliphatic heterocycles. The van der Waals surface area contributed by atoms with Gasteiger partial charge in [0.15, 0.2) is 9.84 Å². The number of halogens is 4. The summed E-state index contributed by atoms with van der Waals surface area (Å²) in [6.07, 6.45) is -4.08. The van der Waals surface area contributed by atoms with Crippen LogP contribution in [0.1, 0.15) is 0 Å². The minimum absolute atomic E-state index is 0.452. The predicted molar refractivity (Wildman–Crippen MR) is 46.2 cm³/mol. The van der Waals surface area contributed by atoms with Crippen LogP contribution in [-0.4, -0.2) is 56.2 Å². The fourth-order valence-corrected chi connectivity index (χ4v) is 2.42. The van der Waals surface area contributed by atoms with Crippen molar-refractivity contribution >= 4 is 15.7 Å². The number of hydrogen-bond donors (Lipinski definition) is 0. The molecule has 0 N–H and O–H groups in total. The van der Waals surface area contributed by atoms with E-state index in [4.69, 9.17) is 0 Å². The van der Waals surface area contributed by atoms with Gasteiger partial charge in [-0.3, -0.25) is 4.79 Å². The van der Waals surface area contributed by atoms with Crippen molar-refractivity contribution in [2.75, 3.05) is 24.6 Å². The lowest BCUT2D eigenvalue weighted by atomic mass is 10.3. The summed E-state index contributed by atoms with van der Waals surface area (Å²) in [5.41, 5.74) is 0. The number of sulfone groups is 1. The first kappa shape index (κ1) is 13.2. The van der Waals surface area contributed by atoms with Crippen molar-refractivity contribution in [2.24, 2.45) is 0 Å². The Bertz CT molecular complexity index is 367. The van der Waals surface area contributed by atoms with Crippen LogP contribution in [0.3, 0.4) is 0 Å². The van der Waals surface area contributed by atoms with Crippen molar-refractivity contribution in [3.63, 3.8) is 0 Å². The highest BCUT2D eigenvalue weighted by atomic mass is 32.2. The fourth-order valence-electron chi connectivity index (χ4n) is 1.22. The largest absolute Gasteiger partial charge is 0.383 e. The Morgan fingerprint density at radius 3 is 2.00 bits per heavy atom. The quantitative estimate of drug-likeness (QED) is 0.666. The van der Waals surface area contributed by atoms with E-state index >= 15 is 0 Å². The smallest absolute Gasteiger partial charge is 0.335 e. The zero-order valence-corrected chi connectivity index (χ0v) is 8.81. The van der Waals surface area contributed by atoms with Crippen LogP contribution in [0.2, 0.25) is 0 Å². The van der Waals surface area contributed by atoms with Gasteiger partial charge in [0.2, 0.25) is 0 Å². The normalized spacial score (nSPS) is 21.2. The van der Waals surface area contributed by atoms with Gasteiger partial charge >= 0.3 is 12.3 Å². The molecule has 0 bridgehead atoms. The van der Waals surface area contributed by atoms with Gasteiger partial charge in [-0.15, -0.1) is 0 Å². The minimum Gasteiger partial charge on any atom is -0.335 e. The number of alkyl halides is 4. The first-order valence-corrected chi connectivity index (χ1v) is 6.15. The molecule has 0 aromatic rings. The van der Waals surface area contributed by atoms with Crippen LogP contribution in [0.25, 0.3) is 0 Å². The number of hydrogen-bond acceptors (Lipinski definition) is 3. The van der Waals surface area contributed by atoms with E-state index in [9.17, 15) is 30.8 Å². The SMILES string of the molecule is O=C(N1CCS(=O)(=O)CC1)C(F)(F)C(F)F. The Morgan fingerprint density at radius 1 is 1.19 bits per heavy atom. The van der Waals surface area contributed by atoms with Gasteiger partial charge in [0, 0.05) is 13.1 Å². The molecule has 0 radical (unpaired) electrons. The second-order valence-electron chi connectivity index (χ2n) is 3.37. The van der Waals surface area contributed by atoms with E-state index in [-0.39, 0.29) is 0 Å². The van der Waals surface area contributed by atoms with Gasteiger partial charge in [0.1, 0.15) is 0 Å². The second kappa shape index (κ2) is 4.19. The molecule has 1 heterocycles. The van der Waals surface area contributed by atoms with Gasteiger partial charge in [-0.2, -0.15) is 8.78 Å². The van der Waals surface area contributed by atoms with Gasteiger partial charge in [-0.05, 0) is 0 Å². The Morgan fingerprint density at radius 2 is 1.62 bits per heavy atom. The molecule has 0 aromatic carbocycles. The molecule has 1 amide bonds. The summed E-state index contributed by atoms with van der Waals surface area (Å²) < 4.78 is 70.8. The number of carbonyl (C=O) groups excluding carboxylic acids is 1. The van der Waals surface area contributed by atoms with Crippen molar-refractivity contribution in [3.05, 3.63) is 0 Å². The van der Waals surface area contributed by atoms with Gasteiger partial charge in [-0.1, -0.05) is 0 Å². The Labute approximate surface area is 89.1 Å². The van der Waals surface area contributed by atoms with Gasteiger partial charge in [0.05, 0.1) is 11.5 Å². The molecule has 0 aliphatic carbocycles. The molecular formula is C7H9F4NO3S. The minimum atomic E-state index is -4.75. The van der Waals surface area contributed by atoms with Gasteiger partial charge in [-0.25, -0.2) is 17.2 Å². The molecular weight excluding hydrogens is 254 g/mol. The zero-order valence-electron chi connectivity index (χ0n) is 8.00. The maximum atomic E-state index is 12.6.